The summed E-state index contributed by atoms with van der Waals surface area (Å²) in [5, 5.41) is 0. The third-order valence-electron chi connectivity index (χ3n) is 3.75. The fraction of sp³-hybridized carbons (Fsp3) is 0.917. The van der Waals surface area contributed by atoms with Crippen LogP contribution in [0.2, 0.25) is 0 Å². The maximum absolute atomic E-state index is 12.4. The van der Waals surface area contributed by atoms with Gasteiger partial charge in [0.05, 0.1) is 0 Å². The van der Waals surface area contributed by atoms with E-state index in [1.54, 1.807) is 0 Å². The molecule has 0 spiro atoms. The van der Waals surface area contributed by atoms with Gasteiger partial charge in [0.2, 0.25) is 5.91 Å². The van der Waals surface area contributed by atoms with Crippen molar-refractivity contribution in [3.8, 4) is 0 Å². The van der Waals surface area contributed by atoms with Crippen molar-refractivity contribution in [2.75, 3.05) is 24.6 Å². The molecule has 0 bridgehead atoms. The fourth-order valence-electron chi connectivity index (χ4n) is 2.71. The molecule has 1 atom stereocenters. The summed E-state index contributed by atoms with van der Waals surface area (Å²) in [6.07, 6.45) is 5.62. The van der Waals surface area contributed by atoms with Gasteiger partial charge in [-0.2, -0.15) is 11.8 Å². The smallest absolute Gasteiger partial charge is 0.226 e. The van der Waals surface area contributed by atoms with Gasteiger partial charge in [-0.3, -0.25) is 4.79 Å². The third-order valence-corrected chi connectivity index (χ3v) is 4.80. The SMILES string of the molecule is Cl.NCC1CCCCN1C(=O)C1CCSCC1. The van der Waals surface area contributed by atoms with Crippen molar-refractivity contribution in [3.05, 3.63) is 0 Å². The van der Waals surface area contributed by atoms with Crippen LogP contribution in [0.25, 0.3) is 0 Å². The molecule has 100 valence electrons. The number of nitrogens with zero attached hydrogens (tertiary/aromatic N) is 1. The van der Waals surface area contributed by atoms with Gasteiger partial charge in [0.1, 0.15) is 0 Å². The molecule has 0 aromatic rings. The van der Waals surface area contributed by atoms with Crippen LogP contribution in [0.1, 0.15) is 32.1 Å². The molecular formula is C12H23ClN2OS. The largest absolute Gasteiger partial charge is 0.338 e. The van der Waals surface area contributed by atoms with Crippen LogP contribution >= 0.6 is 24.2 Å². The van der Waals surface area contributed by atoms with Crippen LogP contribution in [0.4, 0.5) is 0 Å². The average molecular weight is 279 g/mol. The van der Waals surface area contributed by atoms with Crippen LogP contribution in [0, 0.1) is 5.92 Å². The Labute approximate surface area is 114 Å². The lowest BCUT2D eigenvalue weighted by Gasteiger charge is -2.38. The molecule has 2 N–H and O–H groups in total. The molecular weight excluding hydrogens is 256 g/mol. The first kappa shape index (κ1) is 15.1. The Morgan fingerprint density at radius 3 is 2.59 bits per heavy atom. The van der Waals surface area contributed by atoms with Gasteiger partial charge in [-0.05, 0) is 43.6 Å². The maximum Gasteiger partial charge on any atom is 0.226 e. The second-order valence-electron chi connectivity index (χ2n) is 4.80. The molecule has 17 heavy (non-hydrogen) atoms. The van der Waals surface area contributed by atoms with Crippen molar-refractivity contribution in [1.29, 1.82) is 0 Å². The summed E-state index contributed by atoms with van der Waals surface area (Å²) in [7, 11) is 0. The highest BCUT2D eigenvalue weighted by Gasteiger charge is 2.31. The number of amides is 1. The fourth-order valence-corrected chi connectivity index (χ4v) is 3.82. The van der Waals surface area contributed by atoms with Crippen LogP contribution in [0.15, 0.2) is 0 Å². The van der Waals surface area contributed by atoms with Crippen LogP contribution in [0.3, 0.4) is 0 Å². The molecule has 2 aliphatic heterocycles. The molecule has 1 amide bonds. The molecule has 0 radical (unpaired) electrons. The molecule has 2 rings (SSSR count). The number of likely N-dealkylation sites (tertiary alicyclic amines) is 1. The van der Waals surface area contributed by atoms with Gasteiger partial charge in [0.15, 0.2) is 0 Å². The minimum Gasteiger partial charge on any atom is -0.338 e. The monoisotopic (exact) mass is 278 g/mol. The molecule has 0 aliphatic carbocycles. The third kappa shape index (κ3) is 3.76. The number of hydrogen-bond acceptors (Lipinski definition) is 3. The van der Waals surface area contributed by atoms with Gasteiger partial charge < -0.3 is 10.6 Å². The molecule has 1 unspecified atom stereocenters. The van der Waals surface area contributed by atoms with E-state index in [2.05, 4.69) is 4.90 Å². The first-order valence-electron chi connectivity index (χ1n) is 6.41. The Hall–Kier alpha value is 0.0700. The second-order valence-corrected chi connectivity index (χ2v) is 6.03. The highest BCUT2D eigenvalue weighted by atomic mass is 35.5. The van der Waals surface area contributed by atoms with Gasteiger partial charge in [0.25, 0.3) is 0 Å². The van der Waals surface area contributed by atoms with Crippen molar-refractivity contribution >= 4 is 30.1 Å². The van der Waals surface area contributed by atoms with Gasteiger partial charge in [-0.1, -0.05) is 0 Å². The number of carbonyl (C=O) groups is 1. The van der Waals surface area contributed by atoms with Crippen molar-refractivity contribution in [3.63, 3.8) is 0 Å². The first-order valence-corrected chi connectivity index (χ1v) is 7.56. The van der Waals surface area contributed by atoms with Crippen LogP contribution in [-0.4, -0.2) is 41.4 Å². The van der Waals surface area contributed by atoms with Crippen LogP contribution < -0.4 is 5.73 Å². The number of piperidine rings is 1. The van der Waals surface area contributed by atoms with E-state index in [0.29, 0.717) is 18.5 Å². The molecule has 2 saturated heterocycles. The Morgan fingerprint density at radius 1 is 1.24 bits per heavy atom. The van der Waals surface area contributed by atoms with E-state index in [1.165, 1.54) is 6.42 Å². The molecule has 0 aromatic heterocycles. The molecule has 2 fully saturated rings. The van der Waals surface area contributed by atoms with Crippen molar-refractivity contribution in [2.45, 2.75) is 38.1 Å². The highest BCUT2D eigenvalue weighted by molar-refractivity contribution is 7.99. The Morgan fingerprint density at radius 2 is 1.94 bits per heavy atom. The number of rotatable bonds is 2. The summed E-state index contributed by atoms with van der Waals surface area (Å²) in [5.41, 5.74) is 5.76. The molecule has 0 saturated carbocycles. The first-order chi connectivity index (χ1) is 7.83. The van der Waals surface area contributed by atoms with Gasteiger partial charge in [0, 0.05) is 25.0 Å². The summed E-state index contributed by atoms with van der Waals surface area (Å²) >= 11 is 1.97. The predicted octanol–water partition coefficient (Wildman–Crippen LogP) is 1.89. The highest BCUT2D eigenvalue weighted by Crippen LogP contribution is 2.27. The van der Waals surface area contributed by atoms with E-state index in [-0.39, 0.29) is 18.3 Å². The summed E-state index contributed by atoms with van der Waals surface area (Å²) in [6.45, 7) is 1.57. The zero-order valence-electron chi connectivity index (χ0n) is 10.3. The lowest BCUT2D eigenvalue weighted by molar-refractivity contribution is -0.139. The number of hydrogen-bond donors (Lipinski definition) is 1. The molecule has 0 aromatic carbocycles. The molecule has 2 heterocycles. The Balaban J connectivity index is 0.00000144. The van der Waals surface area contributed by atoms with Crippen molar-refractivity contribution < 1.29 is 4.79 Å². The summed E-state index contributed by atoms with van der Waals surface area (Å²) in [5.74, 6) is 2.97. The summed E-state index contributed by atoms with van der Waals surface area (Å²) in [4.78, 5) is 14.5. The quantitative estimate of drug-likeness (QED) is 0.839. The van der Waals surface area contributed by atoms with E-state index in [0.717, 1.165) is 43.7 Å². The van der Waals surface area contributed by atoms with E-state index in [9.17, 15) is 4.79 Å². The predicted molar refractivity (Wildman–Crippen MR) is 75.7 cm³/mol. The van der Waals surface area contributed by atoms with Gasteiger partial charge in [-0.15, -0.1) is 12.4 Å². The summed E-state index contributed by atoms with van der Waals surface area (Å²) in [6, 6.07) is 0.316. The minimum absolute atomic E-state index is 0. The Bertz CT molecular complexity index is 247. The van der Waals surface area contributed by atoms with Crippen LogP contribution in [-0.2, 0) is 4.79 Å². The lowest BCUT2D eigenvalue weighted by Crippen LogP contribution is -2.50. The van der Waals surface area contributed by atoms with Crippen molar-refractivity contribution in [1.82, 2.24) is 4.90 Å². The Kier molecular flexibility index (Phi) is 6.67. The maximum atomic E-state index is 12.4. The molecule has 2 aliphatic rings. The van der Waals surface area contributed by atoms with Crippen molar-refractivity contribution in [2.24, 2.45) is 11.7 Å². The molecule has 5 heteroatoms. The second kappa shape index (κ2) is 7.49. The van der Waals surface area contributed by atoms with Gasteiger partial charge >= 0.3 is 0 Å². The van der Waals surface area contributed by atoms with Crippen LogP contribution in [0.5, 0.6) is 0 Å². The van der Waals surface area contributed by atoms with Gasteiger partial charge in [-0.25, -0.2) is 0 Å². The number of nitrogens with two attached hydrogens (primary N) is 1. The lowest BCUT2D eigenvalue weighted by atomic mass is 9.96. The number of halogens is 1. The van der Waals surface area contributed by atoms with E-state index >= 15 is 0 Å². The number of thioether (sulfide) groups is 1. The van der Waals surface area contributed by atoms with E-state index in [1.807, 2.05) is 11.8 Å². The zero-order valence-corrected chi connectivity index (χ0v) is 11.9. The average Bonchev–Trinajstić information content (AvgIpc) is 2.39. The topological polar surface area (TPSA) is 46.3 Å². The van der Waals surface area contributed by atoms with E-state index < -0.39 is 0 Å². The van der Waals surface area contributed by atoms with E-state index in [4.69, 9.17) is 5.73 Å². The summed E-state index contributed by atoms with van der Waals surface area (Å²) < 4.78 is 0. The number of carbonyl (C=O) groups excluding carboxylic acids is 1. The minimum atomic E-state index is 0. The zero-order chi connectivity index (χ0) is 11.4. The standard InChI is InChI=1S/C12H22N2OS.ClH/c13-9-11-3-1-2-6-14(11)12(15)10-4-7-16-8-5-10;/h10-11H,1-9,13H2;1H. The normalized spacial score (nSPS) is 26.4. The molecule has 3 nitrogen and oxygen atoms in total.